The van der Waals surface area contributed by atoms with Gasteiger partial charge < -0.3 is 9.80 Å². The molecule has 1 aliphatic rings. The van der Waals surface area contributed by atoms with E-state index < -0.39 is 0 Å². The molecule has 1 aliphatic heterocycles. The zero-order valence-electron chi connectivity index (χ0n) is 12.7. The Morgan fingerprint density at radius 1 is 1.11 bits per heavy atom. The Morgan fingerprint density at radius 3 is 2.05 bits per heavy atom. The summed E-state index contributed by atoms with van der Waals surface area (Å²) in [5.74, 6) is 0.951. The topological polar surface area (TPSA) is 6.48 Å². The minimum atomic E-state index is 0.951. The quantitative estimate of drug-likeness (QED) is 0.752. The van der Waals surface area contributed by atoms with Gasteiger partial charge in [0.25, 0.3) is 0 Å². The Bertz CT molecular complexity index is 348. The van der Waals surface area contributed by atoms with Crippen LogP contribution in [0.5, 0.6) is 0 Å². The standard InChI is InChI=1S/C15H24N2.C2H4/c1-4-13-9-11-17(12-10-13)15-7-5-14(6-8-15)16(2)3;1-2/h5-8,13H,4,9-12H2,1-3H3;1-2H2. The van der Waals surface area contributed by atoms with Crippen molar-refractivity contribution in [2.24, 2.45) is 5.92 Å². The molecule has 1 heterocycles. The molecule has 0 N–H and O–H groups in total. The summed E-state index contributed by atoms with van der Waals surface area (Å²) in [6.07, 6.45) is 4.05. The van der Waals surface area contributed by atoms with Crippen LogP contribution in [-0.2, 0) is 0 Å². The lowest BCUT2D eigenvalue weighted by atomic mass is 9.94. The van der Waals surface area contributed by atoms with Gasteiger partial charge in [-0.1, -0.05) is 13.3 Å². The third-order valence-corrected chi connectivity index (χ3v) is 3.92. The molecule has 2 nitrogen and oxygen atoms in total. The molecule has 106 valence electrons. The van der Waals surface area contributed by atoms with Crippen molar-refractivity contribution in [3.05, 3.63) is 37.4 Å². The third-order valence-electron chi connectivity index (χ3n) is 3.92. The first-order chi connectivity index (χ1) is 9.20. The number of nitrogens with zero attached hydrogens (tertiary/aromatic N) is 2. The molecule has 1 fully saturated rings. The van der Waals surface area contributed by atoms with Gasteiger partial charge in [-0.3, -0.25) is 0 Å². The second-order valence-corrected chi connectivity index (χ2v) is 5.25. The number of piperidine rings is 1. The van der Waals surface area contributed by atoms with E-state index in [1.165, 1.54) is 43.7 Å². The molecule has 1 saturated heterocycles. The van der Waals surface area contributed by atoms with Crippen LogP contribution in [-0.4, -0.2) is 27.2 Å². The summed E-state index contributed by atoms with van der Waals surface area (Å²) in [4.78, 5) is 4.67. The monoisotopic (exact) mass is 260 g/mol. The van der Waals surface area contributed by atoms with Crippen molar-refractivity contribution in [2.75, 3.05) is 37.0 Å². The van der Waals surface area contributed by atoms with E-state index in [0.29, 0.717) is 0 Å². The molecule has 19 heavy (non-hydrogen) atoms. The predicted molar refractivity (Wildman–Crippen MR) is 87.3 cm³/mol. The number of benzene rings is 1. The molecular weight excluding hydrogens is 232 g/mol. The maximum atomic E-state index is 3.00. The van der Waals surface area contributed by atoms with Crippen molar-refractivity contribution in [1.29, 1.82) is 0 Å². The lowest BCUT2D eigenvalue weighted by Crippen LogP contribution is -2.33. The molecule has 0 aromatic heterocycles. The second kappa shape index (κ2) is 7.88. The molecule has 1 aromatic rings. The number of hydrogen-bond donors (Lipinski definition) is 0. The van der Waals surface area contributed by atoms with E-state index in [-0.39, 0.29) is 0 Å². The Morgan fingerprint density at radius 2 is 1.63 bits per heavy atom. The smallest absolute Gasteiger partial charge is 0.0367 e. The molecule has 0 atom stereocenters. The van der Waals surface area contributed by atoms with Crippen molar-refractivity contribution in [3.8, 4) is 0 Å². The Kier molecular flexibility index (Phi) is 6.48. The van der Waals surface area contributed by atoms with Crippen LogP contribution in [0.2, 0.25) is 0 Å². The SMILES string of the molecule is C=C.CCC1CCN(c2ccc(N(C)C)cc2)CC1. The average molecular weight is 260 g/mol. The first-order valence-electron chi connectivity index (χ1n) is 7.23. The highest BCUT2D eigenvalue weighted by atomic mass is 15.1. The molecule has 0 unspecified atom stereocenters. The highest BCUT2D eigenvalue weighted by Crippen LogP contribution is 2.26. The van der Waals surface area contributed by atoms with Crippen molar-refractivity contribution in [3.63, 3.8) is 0 Å². The summed E-state index contributed by atoms with van der Waals surface area (Å²) in [6.45, 7) is 10.8. The molecule has 1 aromatic carbocycles. The van der Waals surface area contributed by atoms with Gasteiger partial charge in [0.1, 0.15) is 0 Å². The van der Waals surface area contributed by atoms with E-state index >= 15 is 0 Å². The van der Waals surface area contributed by atoms with E-state index in [1.54, 1.807) is 0 Å². The molecule has 0 saturated carbocycles. The molecular formula is C17H28N2. The van der Waals surface area contributed by atoms with Gasteiger partial charge >= 0.3 is 0 Å². The summed E-state index contributed by atoms with van der Waals surface area (Å²) in [5.41, 5.74) is 2.65. The lowest BCUT2D eigenvalue weighted by Gasteiger charge is -2.33. The van der Waals surface area contributed by atoms with Gasteiger partial charge in [-0.2, -0.15) is 0 Å². The van der Waals surface area contributed by atoms with Crippen molar-refractivity contribution < 1.29 is 0 Å². The Hall–Kier alpha value is -1.44. The number of hydrogen-bond acceptors (Lipinski definition) is 2. The molecule has 0 radical (unpaired) electrons. The van der Waals surface area contributed by atoms with Crippen LogP contribution in [0.1, 0.15) is 26.2 Å². The Labute approximate surface area is 118 Å². The van der Waals surface area contributed by atoms with Crippen LogP contribution in [0, 0.1) is 5.92 Å². The minimum absolute atomic E-state index is 0.951. The summed E-state index contributed by atoms with van der Waals surface area (Å²) < 4.78 is 0. The van der Waals surface area contributed by atoms with Gasteiger partial charge in [0.15, 0.2) is 0 Å². The first-order valence-corrected chi connectivity index (χ1v) is 7.23. The van der Waals surface area contributed by atoms with Crippen molar-refractivity contribution >= 4 is 11.4 Å². The maximum Gasteiger partial charge on any atom is 0.0367 e. The van der Waals surface area contributed by atoms with Crippen LogP contribution < -0.4 is 9.80 Å². The fourth-order valence-corrected chi connectivity index (χ4v) is 2.56. The van der Waals surface area contributed by atoms with E-state index in [0.717, 1.165) is 5.92 Å². The first kappa shape index (κ1) is 15.6. The van der Waals surface area contributed by atoms with Gasteiger partial charge in [0.05, 0.1) is 0 Å². The minimum Gasteiger partial charge on any atom is -0.378 e. The lowest BCUT2D eigenvalue weighted by molar-refractivity contribution is 0.395. The second-order valence-electron chi connectivity index (χ2n) is 5.25. The van der Waals surface area contributed by atoms with Gasteiger partial charge in [0, 0.05) is 38.6 Å². The Balaban J connectivity index is 0.000000861. The third kappa shape index (κ3) is 4.30. The van der Waals surface area contributed by atoms with Crippen LogP contribution in [0.15, 0.2) is 37.4 Å². The number of rotatable bonds is 3. The molecule has 2 heteroatoms. The summed E-state index contributed by atoms with van der Waals surface area (Å²) in [5, 5.41) is 0. The molecule has 0 bridgehead atoms. The molecule has 0 aliphatic carbocycles. The predicted octanol–water partition coefficient (Wildman–Crippen LogP) is 4.18. The zero-order valence-corrected chi connectivity index (χ0v) is 12.7. The summed E-state index contributed by atoms with van der Waals surface area (Å²) in [7, 11) is 4.17. The fourth-order valence-electron chi connectivity index (χ4n) is 2.56. The fraction of sp³-hybridized carbons (Fsp3) is 0.529. The summed E-state index contributed by atoms with van der Waals surface area (Å²) in [6, 6.07) is 8.92. The average Bonchev–Trinajstić information content (AvgIpc) is 2.49. The zero-order chi connectivity index (χ0) is 14.3. The highest BCUT2D eigenvalue weighted by Gasteiger charge is 2.17. The summed E-state index contributed by atoms with van der Waals surface area (Å²) >= 11 is 0. The molecule has 2 rings (SSSR count). The maximum absolute atomic E-state index is 3.00. The largest absolute Gasteiger partial charge is 0.378 e. The van der Waals surface area contributed by atoms with E-state index in [1.807, 2.05) is 0 Å². The van der Waals surface area contributed by atoms with Gasteiger partial charge in [-0.15, -0.1) is 13.2 Å². The highest BCUT2D eigenvalue weighted by molar-refractivity contribution is 5.55. The van der Waals surface area contributed by atoms with Crippen molar-refractivity contribution in [2.45, 2.75) is 26.2 Å². The van der Waals surface area contributed by atoms with Crippen LogP contribution in [0.4, 0.5) is 11.4 Å². The normalized spacial score (nSPS) is 15.6. The number of anilines is 2. The van der Waals surface area contributed by atoms with E-state index in [9.17, 15) is 0 Å². The van der Waals surface area contributed by atoms with Crippen LogP contribution in [0.25, 0.3) is 0 Å². The van der Waals surface area contributed by atoms with Crippen LogP contribution in [0.3, 0.4) is 0 Å². The van der Waals surface area contributed by atoms with Gasteiger partial charge in [0.2, 0.25) is 0 Å². The van der Waals surface area contributed by atoms with Crippen molar-refractivity contribution in [1.82, 2.24) is 0 Å². The van der Waals surface area contributed by atoms with Crippen LogP contribution >= 0.6 is 0 Å². The van der Waals surface area contributed by atoms with E-state index in [4.69, 9.17) is 0 Å². The van der Waals surface area contributed by atoms with Gasteiger partial charge in [-0.05, 0) is 43.0 Å². The molecule has 0 amide bonds. The van der Waals surface area contributed by atoms with E-state index in [2.05, 4.69) is 68.2 Å². The molecule has 0 spiro atoms. The van der Waals surface area contributed by atoms with Gasteiger partial charge in [-0.25, -0.2) is 0 Å².